The largest absolute Gasteiger partial charge is 0.334 e. The van der Waals surface area contributed by atoms with Crippen molar-refractivity contribution < 1.29 is 13.6 Å². The quantitative estimate of drug-likeness (QED) is 0.729. The van der Waals surface area contributed by atoms with Crippen LogP contribution in [0, 0.1) is 11.6 Å². The van der Waals surface area contributed by atoms with E-state index in [2.05, 4.69) is 5.32 Å². The highest BCUT2D eigenvalue weighted by molar-refractivity contribution is 8.00. The summed E-state index contributed by atoms with van der Waals surface area (Å²) in [6, 6.07) is 13.8. The van der Waals surface area contributed by atoms with Gasteiger partial charge in [0.1, 0.15) is 5.25 Å². The van der Waals surface area contributed by atoms with Crippen LogP contribution in [0.4, 0.5) is 8.78 Å². The summed E-state index contributed by atoms with van der Waals surface area (Å²) in [6.07, 6.45) is 3.01. The molecule has 2 aromatic rings. The van der Waals surface area contributed by atoms with Gasteiger partial charge in [0.25, 0.3) is 0 Å². The molecule has 2 aromatic carbocycles. The molecule has 0 aliphatic carbocycles. The molecule has 28 heavy (non-hydrogen) atoms. The van der Waals surface area contributed by atoms with Gasteiger partial charge in [-0.1, -0.05) is 30.3 Å². The molecular formula is C21H23ClF2N2OS. The molecule has 4 rings (SSSR count). The number of hydrogen-bond acceptors (Lipinski definition) is 3. The SMILES string of the molecule is Cl.O=C(C(Sc1ccc(F)c(F)c1)c1ccccc1)N1C2CCNCC1CC2. The number of fused-ring (bicyclic) bond motifs is 2. The molecule has 3 unspecified atom stereocenters. The first-order valence-electron chi connectivity index (χ1n) is 9.33. The molecule has 2 aliphatic rings. The summed E-state index contributed by atoms with van der Waals surface area (Å²) in [4.78, 5) is 16.2. The van der Waals surface area contributed by atoms with Gasteiger partial charge in [-0.3, -0.25) is 4.79 Å². The summed E-state index contributed by atoms with van der Waals surface area (Å²) in [5.74, 6) is -1.70. The third-order valence-corrected chi connectivity index (χ3v) is 6.62. The zero-order chi connectivity index (χ0) is 18.8. The summed E-state index contributed by atoms with van der Waals surface area (Å²) < 4.78 is 27.0. The Morgan fingerprint density at radius 2 is 1.79 bits per heavy atom. The average Bonchev–Trinajstić information content (AvgIpc) is 2.95. The van der Waals surface area contributed by atoms with Crippen molar-refractivity contribution >= 4 is 30.1 Å². The van der Waals surface area contributed by atoms with Gasteiger partial charge in [-0.05, 0) is 49.6 Å². The first-order chi connectivity index (χ1) is 13.1. The molecule has 7 heteroatoms. The van der Waals surface area contributed by atoms with Gasteiger partial charge in [0.2, 0.25) is 5.91 Å². The van der Waals surface area contributed by atoms with E-state index in [9.17, 15) is 13.6 Å². The minimum absolute atomic E-state index is 0. The van der Waals surface area contributed by atoms with Crippen molar-refractivity contribution in [3.63, 3.8) is 0 Å². The predicted molar refractivity (Wildman–Crippen MR) is 110 cm³/mol. The van der Waals surface area contributed by atoms with Crippen molar-refractivity contribution in [1.29, 1.82) is 0 Å². The van der Waals surface area contributed by atoms with Gasteiger partial charge in [0.15, 0.2) is 11.6 Å². The fourth-order valence-electron chi connectivity index (χ4n) is 4.05. The van der Waals surface area contributed by atoms with E-state index in [1.54, 1.807) is 0 Å². The molecule has 0 radical (unpaired) electrons. The van der Waals surface area contributed by atoms with E-state index in [-0.39, 0.29) is 30.4 Å². The van der Waals surface area contributed by atoms with Crippen molar-refractivity contribution in [3.8, 4) is 0 Å². The number of thioether (sulfide) groups is 1. The number of rotatable bonds is 4. The molecule has 1 N–H and O–H groups in total. The maximum absolute atomic E-state index is 13.7. The van der Waals surface area contributed by atoms with E-state index < -0.39 is 16.9 Å². The lowest BCUT2D eigenvalue weighted by atomic mass is 10.1. The van der Waals surface area contributed by atoms with Crippen LogP contribution in [-0.4, -0.2) is 36.0 Å². The van der Waals surface area contributed by atoms with Crippen molar-refractivity contribution in [3.05, 3.63) is 65.7 Å². The Kier molecular flexibility index (Phi) is 6.96. The third kappa shape index (κ3) is 4.34. The van der Waals surface area contributed by atoms with Gasteiger partial charge in [0.05, 0.1) is 0 Å². The molecule has 1 amide bonds. The summed E-state index contributed by atoms with van der Waals surface area (Å²) in [5.41, 5.74) is 0.883. The smallest absolute Gasteiger partial charge is 0.241 e. The molecule has 2 saturated heterocycles. The van der Waals surface area contributed by atoms with E-state index >= 15 is 0 Å². The topological polar surface area (TPSA) is 32.3 Å². The number of carbonyl (C=O) groups excluding carboxylic acids is 1. The van der Waals surface area contributed by atoms with Crippen LogP contribution in [0.2, 0.25) is 0 Å². The van der Waals surface area contributed by atoms with Gasteiger partial charge in [-0.25, -0.2) is 8.78 Å². The van der Waals surface area contributed by atoms with Crippen molar-refractivity contribution in [1.82, 2.24) is 10.2 Å². The summed E-state index contributed by atoms with van der Waals surface area (Å²) in [6.45, 7) is 1.75. The van der Waals surface area contributed by atoms with E-state index in [0.29, 0.717) is 4.90 Å². The molecule has 0 aromatic heterocycles. The van der Waals surface area contributed by atoms with Gasteiger partial charge >= 0.3 is 0 Å². The lowest BCUT2D eigenvalue weighted by Crippen LogP contribution is -2.44. The van der Waals surface area contributed by atoms with Crippen LogP contribution in [-0.2, 0) is 4.79 Å². The van der Waals surface area contributed by atoms with Crippen LogP contribution in [0.3, 0.4) is 0 Å². The van der Waals surface area contributed by atoms with Gasteiger partial charge in [0, 0.05) is 23.5 Å². The Hall–Kier alpha value is -1.63. The Morgan fingerprint density at radius 3 is 2.54 bits per heavy atom. The predicted octanol–water partition coefficient (Wildman–Crippen LogP) is 4.57. The number of nitrogens with zero attached hydrogens (tertiary/aromatic N) is 1. The lowest BCUT2D eigenvalue weighted by Gasteiger charge is -2.31. The minimum Gasteiger partial charge on any atom is -0.334 e. The van der Waals surface area contributed by atoms with Crippen LogP contribution in [0.15, 0.2) is 53.4 Å². The number of carbonyl (C=O) groups is 1. The molecule has 150 valence electrons. The second kappa shape index (κ2) is 9.25. The first-order valence-corrected chi connectivity index (χ1v) is 10.2. The molecule has 3 nitrogen and oxygen atoms in total. The fourth-order valence-corrected chi connectivity index (χ4v) is 5.16. The zero-order valence-electron chi connectivity index (χ0n) is 15.3. The van der Waals surface area contributed by atoms with Crippen LogP contribution in [0.25, 0.3) is 0 Å². The third-order valence-electron chi connectivity index (χ3n) is 5.38. The monoisotopic (exact) mass is 424 g/mol. The van der Waals surface area contributed by atoms with E-state index in [0.717, 1.165) is 44.0 Å². The van der Waals surface area contributed by atoms with Crippen LogP contribution < -0.4 is 5.32 Å². The number of amides is 1. The van der Waals surface area contributed by atoms with Crippen molar-refractivity contribution in [2.45, 2.75) is 41.5 Å². The summed E-state index contributed by atoms with van der Waals surface area (Å²) in [7, 11) is 0. The summed E-state index contributed by atoms with van der Waals surface area (Å²) >= 11 is 1.29. The van der Waals surface area contributed by atoms with Crippen LogP contribution in [0.5, 0.6) is 0 Å². The van der Waals surface area contributed by atoms with Gasteiger partial charge < -0.3 is 10.2 Å². The molecule has 2 aliphatic heterocycles. The van der Waals surface area contributed by atoms with E-state index in [1.165, 1.54) is 23.9 Å². The minimum atomic E-state index is -0.890. The van der Waals surface area contributed by atoms with E-state index in [1.807, 2.05) is 35.2 Å². The average molecular weight is 425 g/mol. The van der Waals surface area contributed by atoms with Crippen molar-refractivity contribution in [2.75, 3.05) is 13.1 Å². The fraction of sp³-hybridized carbons (Fsp3) is 0.381. The summed E-state index contributed by atoms with van der Waals surface area (Å²) in [5, 5.41) is 2.94. The Bertz CT molecular complexity index is 809. The normalized spacial score (nSPS) is 22.3. The molecule has 2 fully saturated rings. The van der Waals surface area contributed by atoms with Crippen molar-refractivity contribution in [2.24, 2.45) is 0 Å². The highest BCUT2D eigenvalue weighted by Crippen LogP contribution is 2.40. The maximum atomic E-state index is 13.7. The lowest BCUT2D eigenvalue weighted by molar-refractivity contribution is -0.133. The number of hydrogen-bond donors (Lipinski definition) is 1. The number of nitrogens with one attached hydrogen (secondary N) is 1. The second-order valence-electron chi connectivity index (χ2n) is 7.11. The van der Waals surface area contributed by atoms with Crippen LogP contribution >= 0.6 is 24.2 Å². The maximum Gasteiger partial charge on any atom is 0.241 e. The highest BCUT2D eigenvalue weighted by Gasteiger charge is 2.41. The molecule has 2 heterocycles. The first kappa shape index (κ1) is 21.1. The standard InChI is InChI=1S/C21H22F2N2OS.ClH/c22-18-9-8-17(12-19(18)23)27-20(14-4-2-1-3-5-14)21(26)25-15-6-7-16(25)13-24-11-10-15;/h1-5,8-9,12,15-16,20,24H,6-7,10-11,13H2;1H. The zero-order valence-corrected chi connectivity index (χ0v) is 16.9. The Balaban J connectivity index is 0.00000225. The molecular weight excluding hydrogens is 402 g/mol. The molecule has 3 atom stereocenters. The number of halogens is 3. The highest BCUT2D eigenvalue weighted by atomic mass is 35.5. The molecule has 2 bridgehead atoms. The second-order valence-corrected chi connectivity index (χ2v) is 8.29. The van der Waals surface area contributed by atoms with Crippen LogP contribution in [0.1, 0.15) is 30.1 Å². The number of benzene rings is 2. The molecule has 0 saturated carbocycles. The van der Waals surface area contributed by atoms with Gasteiger partial charge in [-0.2, -0.15) is 0 Å². The molecule has 0 spiro atoms. The Morgan fingerprint density at radius 1 is 1.04 bits per heavy atom. The Labute approximate surface area is 174 Å². The van der Waals surface area contributed by atoms with Gasteiger partial charge in [-0.15, -0.1) is 24.2 Å². The van der Waals surface area contributed by atoms with E-state index in [4.69, 9.17) is 0 Å².